The number of hydrogen-bond donors (Lipinski definition) is 1. The summed E-state index contributed by atoms with van der Waals surface area (Å²) in [5.74, 6) is -1.09. The lowest BCUT2D eigenvalue weighted by molar-refractivity contribution is -0.143. The van der Waals surface area contributed by atoms with Gasteiger partial charge in [0.05, 0.1) is 13.2 Å². The average Bonchev–Trinajstić information content (AvgIpc) is 2.53. The third-order valence-corrected chi connectivity index (χ3v) is 4.31. The molecule has 1 unspecified atom stereocenters. The maximum absolute atomic E-state index is 12.8. The number of carbonyl (C=O) groups excluding carboxylic acids is 1. The van der Waals surface area contributed by atoms with E-state index in [1.807, 2.05) is 12.1 Å². The summed E-state index contributed by atoms with van der Waals surface area (Å²) in [5, 5.41) is 9.32. The van der Waals surface area contributed by atoms with Crippen LogP contribution in [0.25, 0.3) is 0 Å². The molecule has 1 amide bonds. The second-order valence-electron chi connectivity index (χ2n) is 5.59. The number of likely N-dealkylation sites (tertiary alicyclic amines) is 1. The molecular weight excluding hydrogens is 270 g/mol. The van der Waals surface area contributed by atoms with Crippen LogP contribution in [0, 0.1) is 0 Å². The minimum Gasteiger partial charge on any atom is -0.480 e. The molecule has 1 N–H and O–H groups in total. The van der Waals surface area contributed by atoms with Gasteiger partial charge in [-0.2, -0.15) is 0 Å². The molecule has 1 fully saturated rings. The number of carboxylic acids is 1. The van der Waals surface area contributed by atoms with Gasteiger partial charge >= 0.3 is 5.97 Å². The number of rotatable bonds is 2. The van der Waals surface area contributed by atoms with Crippen molar-refractivity contribution in [1.29, 1.82) is 0 Å². The van der Waals surface area contributed by atoms with Gasteiger partial charge in [-0.3, -0.25) is 4.79 Å². The molecule has 5 nitrogen and oxygen atoms in total. The highest BCUT2D eigenvalue weighted by Crippen LogP contribution is 2.25. The number of aliphatic carboxylic acids is 1. The van der Waals surface area contributed by atoms with Crippen LogP contribution in [-0.4, -0.2) is 41.1 Å². The smallest absolute Gasteiger partial charge is 0.326 e. The second kappa shape index (κ2) is 5.85. The molecule has 2 aliphatic heterocycles. The summed E-state index contributed by atoms with van der Waals surface area (Å²) in [6.45, 7) is 1.62. The van der Waals surface area contributed by atoms with Crippen LogP contribution in [0.4, 0.5) is 0 Å². The van der Waals surface area contributed by atoms with Crippen LogP contribution < -0.4 is 0 Å². The molecule has 0 spiro atoms. The van der Waals surface area contributed by atoms with Crippen molar-refractivity contribution in [2.24, 2.45) is 0 Å². The molecule has 2 aliphatic rings. The fourth-order valence-corrected chi connectivity index (χ4v) is 3.18. The highest BCUT2D eigenvalue weighted by molar-refractivity contribution is 5.98. The number of amides is 1. The fourth-order valence-electron chi connectivity index (χ4n) is 3.18. The summed E-state index contributed by atoms with van der Waals surface area (Å²) in [6, 6.07) is 4.96. The molecule has 0 aliphatic carbocycles. The summed E-state index contributed by atoms with van der Waals surface area (Å²) in [4.78, 5) is 25.7. The van der Waals surface area contributed by atoms with Crippen molar-refractivity contribution in [2.45, 2.75) is 38.3 Å². The molecular formula is C16H19NO4. The molecule has 1 saturated heterocycles. The summed E-state index contributed by atoms with van der Waals surface area (Å²) in [5.41, 5.74) is 2.65. The van der Waals surface area contributed by atoms with Crippen LogP contribution in [0.1, 0.15) is 40.7 Å². The van der Waals surface area contributed by atoms with E-state index in [1.165, 1.54) is 4.90 Å². The number of fused-ring (bicyclic) bond motifs is 1. The van der Waals surface area contributed by atoms with E-state index in [2.05, 4.69) is 0 Å². The number of hydrogen-bond acceptors (Lipinski definition) is 3. The molecule has 0 radical (unpaired) electrons. The molecule has 112 valence electrons. The number of carboxylic acid groups (broad SMARTS) is 1. The van der Waals surface area contributed by atoms with Crippen molar-refractivity contribution in [3.05, 3.63) is 34.9 Å². The van der Waals surface area contributed by atoms with Crippen LogP contribution >= 0.6 is 0 Å². The maximum Gasteiger partial charge on any atom is 0.326 e. The highest BCUT2D eigenvalue weighted by atomic mass is 16.5. The van der Waals surface area contributed by atoms with Crippen LogP contribution in [0.2, 0.25) is 0 Å². The molecule has 3 rings (SSSR count). The molecule has 1 aromatic rings. The molecule has 1 atom stereocenters. The van der Waals surface area contributed by atoms with E-state index >= 15 is 0 Å². The summed E-state index contributed by atoms with van der Waals surface area (Å²) in [7, 11) is 0. The monoisotopic (exact) mass is 289 g/mol. The predicted octanol–water partition coefficient (Wildman–Crippen LogP) is 1.84. The molecule has 21 heavy (non-hydrogen) atoms. The minimum atomic E-state index is -0.913. The van der Waals surface area contributed by atoms with Gasteiger partial charge in [-0.05, 0) is 42.9 Å². The molecule has 2 heterocycles. The first-order valence-corrected chi connectivity index (χ1v) is 7.41. The molecule has 5 heteroatoms. The lowest BCUT2D eigenvalue weighted by atomic mass is 9.95. The van der Waals surface area contributed by atoms with Gasteiger partial charge in [0, 0.05) is 12.1 Å². The van der Waals surface area contributed by atoms with Gasteiger partial charge in [0.2, 0.25) is 0 Å². The second-order valence-corrected chi connectivity index (χ2v) is 5.59. The normalized spacial score (nSPS) is 21.7. The standard InChI is InChI=1S/C16H19NO4/c18-15(17-8-2-1-6-14(17)16(19)20)12-5-3-4-11-7-9-21-10-13(11)12/h3-5,14H,1-2,6-10H2,(H,19,20). The van der Waals surface area contributed by atoms with Gasteiger partial charge in [-0.15, -0.1) is 0 Å². The molecule has 0 bridgehead atoms. The van der Waals surface area contributed by atoms with Crippen molar-refractivity contribution in [3.8, 4) is 0 Å². The van der Waals surface area contributed by atoms with Crippen molar-refractivity contribution in [2.75, 3.05) is 13.2 Å². The van der Waals surface area contributed by atoms with Crippen molar-refractivity contribution < 1.29 is 19.4 Å². The third-order valence-electron chi connectivity index (χ3n) is 4.31. The topological polar surface area (TPSA) is 66.8 Å². The van der Waals surface area contributed by atoms with Gasteiger partial charge in [-0.1, -0.05) is 12.1 Å². The van der Waals surface area contributed by atoms with E-state index in [4.69, 9.17) is 4.74 Å². The Balaban J connectivity index is 1.92. The number of benzene rings is 1. The number of ether oxygens (including phenoxy) is 1. The van der Waals surface area contributed by atoms with E-state index in [9.17, 15) is 14.7 Å². The first kappa shape index (κ1) is 14.1. The number of piperidine rings is 1. The first-order valence-electron chi connectivity index (χ1n) is 7.41. The van der Waals surface area contributed by atoms with Crippen molar-refractivity contribution >= 4 is 11.9 Å². The van der Waals surface area contributed by atoms with E-state index < -0.39 is 12.0 Å². The molecule has 1 aromatic carbocycles. The van der Waals surface area contributed by atoms with E-state index in [0.29, 0.717) is 31.7 Å². The fraction of sp³-hybridized carbons (Fsp3) is 0.500. The largest absolute Gasteiger partial charge is 0.480 e. The summed E-state index contributed by atoms with van der Waals surface area (Å²) >= 11 is 0. The minimum absolute atomic E-state index is 0.176. The van der Waals surface area contributed by atoms with Crippen molar-refractivity contribution in [1.82, 2.24) is 4.90 Å². The van der Waals surface area contributed by atoms with Gasteiger partial charge in [0.25, 0.3) is 5.91 Å². The predicted molar refractivity (Wildman–Crippen MR) is 76.1 cm³/mol. The zero-order valence-corrected chi connectivity index (χ0v) is 11.9. The molecule has 0 aromatic heterocycles. The Hall–Kier alpha value is -1.88. The number of carbonyl (C=O) groups is 2. The third kappa shape index (κ3) is 2.65. The zero-order chi connectivity index (χ0) is 14.8. The highest BCUT2D eigenvalue weighted by Gasteiger charge is 2.33. The maximum atomic E-state index is 12.8. The zero-order valence-electron chi connectivity index (χ0n) is 11.9. The van der Waals surface area contributed by atoms with Crippen molar-refractivity contribution in [3.63, 3.8) is 0 Å². The van der Waals surface area contributed by atoms with Crippen LogP contribution in [0.5, 0.6) is 0 Å². The van der Waals surface area contributed by atoms with Gasteiger partial charge in [0.15, 0.2) is 0 Å². The Morgan fingerprint density at radius 1 is 1.29 bits per heavy atom. The lowest BCUT2D eigenvalue weighted by Gasteiger charge is -2.34. The van der Waals surface area contributed by atoms with Gasteiger partial charge in [-0.25, -0.2) is 4.79 Å². The SMILES string of the molecule is O=C(O)C1CCCCN1C(=O)c1cccc2c1COCC2. The van der Waals surface area contributed by atoms with E-state index in [1.54, 1.807) is 6.07 Å². The van der Waals surface area contributed by atoms with Gasteiger partial charge < -0.3 is 14.7 Å². The van der Waals surface area contributed by atoms with Crippen LogP contribution in [0.3, 0.4) is 0 Å². The Morgan fingerprint density at radius 2 is 2.14 bits per heavy atom. The van der Waals surface area contributed by atoms with Gasteiger partial charge in [0.1, 0.15) is 6.04 Å². The Kier molecular flexibility index (Phi) is 3.92. The Bertz CT molecular complexity index is 569. The average molecular weight is 289 g/mol. The summed E-state index contributed by atoms with van der Waals surface area (Å²) < 4.78 is 5.46. The van der Waals surface area contributed by atoms with E-state index in [-0.39, 0.29) is 5.91 Å². The van der Waals surface area contributed by atoms with E-state index in [0.717, 1.165) is 30.4 Å². The Morgan fingerprint density at radius 3 is 2.95 bits per heavy atom. The quantitative estimate of drug-likeness (QED) is 0.902. The Labute approximate surface area is 123 Å². The van der Waals surface area contributed by atoms with Crippen LogP contribution in [0.15, 0.2) is 18.2 Å². The summed E-state index contributed by atoms with van der Waals surface area (Å²) in [6.07, 6.45) is 3.06. The first-order chi connectivity index (χ1) is 10.2. The molecule has 0 saturated carbocycles. The lowest BCUT2D eigenvalue weighted by Crippen LogP contribution is -2.48. The number of nitrogens with zero attached hydrogens (tertiary/aromatic N) is 1. The van der Waals surface area contributed by atoms with Crippen LogP contribution in [-0.2, 0) is 22.6 Å².